The second-order valence-electron chi connectivity index (χ2n) is 3.37. The first-order chi connectivity index (χ1) is 7.91. The maximum absolute atomic E-state index is 12.0. The summed E-state index contributed by atoms with van der Waals surface area (Å²) in [6, 6.07) is 0. The summed E-state index contributed by atoms with van der Waals surface area (Å²) in [7, 11) is -3.80. The Morgan fingerprint density at radius 2 is 2.18 bits per heavy atom. The average Bonchev–Trinajstić information content (AvgIpc) is 2.74. The Labute approximate surface area is 99.5 Å². The van der Waals surface area contributed by atoms with Gasteiger partial charge in [-0.3, -0.25) is 4.79 Å². The van der Waals surface area contributed by atoms with Gasteiger partial charge in [0.15, 0.2) is 5.03 Å². The Balaban J connectivity index is 3.03. The number of carboxylic acids is 1. The Morgan fingerprint density at radius 1 is 1.53 bits per heavy atom. The van der Waals surface area contributed by atoms with Gasteiger partial charge in [0.05, 0.1) is 6.20 Å². The number of aromatic amines is 1. The number of aromatic nitrogens is 2. The van der Waals surface area contributed by atoms with Crippen LogP contribution < -0.4 is 0 Å². The number of nitrogens with one attached hydrogen (secondary N) is 1. The molecule has 0 spiro atoms. The highest BCUT2D eigenvalue weighted by atomic mass is 32.2. The minimum Gasteiger partial charge on any atom is -0.480 e. The SMILES string of the molecule is CCc1ncc(S(=O)(=O)N(CC)CC(=O)O)[nH]1. The van der Waals surface area contributed by atoms with E-state index >= 15 is 0 Å². The van der Waals surface area contributed by atoms with E-state index in [1.54, 1.807) is 6.92 Å². The Bertz CT molecular complexity index is 494. The van der Waals surface area contributed by atoms with Crippen LogP contribution in [0.15, 0.2) is 11.2 Å². The molecule has 0 aromatic carbocycles. The molecule has 0 aliphatic rings. The third-order valence-corrected chi connectivity index (χ3v) is 4.05. The van der Waals surface area contributed by atoms with E-state index in [-0.39, 0.29) is 11.6 Å². The number of H-pyrrole nitrogens is 1. The first-order valence-corrected chi connectivity index (χ1v) is 6.61. The summed E-state index contributed by atoms with van der Waals surface area (Å²) >= 11 is 0. The molecule has 0 saturated carbocycles. The van der Waals surface area contributed by atoms with Crippen LogP contribution in [-0.4, -0.2) is 46.9 Å². The molecule has 17 heavy (non-hydrogen) atoms. The molecule has 0 atom stereocenters. The predicted molar refractivity (Wildman–Crippen MR) is 60.0 cm³/mol. The second kappa shape index (κ2) is 5.28. The normalized spacial score (nSPS) is 11.9. The average molecular weight is 261 g/mol. The summed E-state index contributed by atoms with van der Waals surface area (Å²) in [6.45, 7) is 2.95. The fourth-order valence-electron chi connectivity index (χ4n) is 1.31. The van der Waals surface area contributed by atoms with Crippen molar-refractivity contribution in [2.45, 2.75) is 25.3 Å². The van der Waals surface area contributed by atoms with Crippen LogP contribution in [0.5, 0.6) is 0 Å². The van der Waals surface area contributed by atoms with Crippen molar-refractivity contribution in [2.75, 3.05) is 13.1 Å². The Hall–Kier alpha value is -1.41. The van der Waals surface area contributed by atoms with Crippen molar-refractivity contribution in [2.24, 2.45) is 0 Å². The largest absolute Gasteiger partial charge is 0.480 e. The lowest BCUT2D eigenvalue weighted by atomic mass is 10.5. The van der Waals surface area contributed by atoms with Crippen molar-refractivity contribution in [3.05, 3.63) is 12.0 Å². The van der Waals surface area contributed by atoms with Gasteiger partial charge in [-0.25, -0.2) is 13.4 Å². The van der Waals surface area contributed by atoms with E-state index in [9.17, 15) is 13.2 Å². The Morgan fingerprint density at radius 3 is 2.59 bits per heavy atom. The molecular formula is C9H15N3O4S. The van der Waals surface area contributed by atoms with Crippen molar-refractivity contribution in [3.63, 3.8) is 0 Å². The number of hydrogen-bond acceptors (Lipinski definition) is 4. The summed E-state index contributed by atoms with van der Waals surface area (Å²) in [5.74, 6) is -0.638. The maximum Gasteiger partial charge on any atom is 0.318 e. The summed E-state index contributed by atoms with van der Waals surface area (Å²) in [5, 5.41) is 8.57. The lowest BCUT2D eigenvalue weighted by Gasteiger charge is -2.16. The maximum atomic E-state index is 12.0. The molecule has 96 valence electrons. The number of likely N-dealkylation sites (N-methyl/N-ethyl adjacent to an activating group) is 1. The van der Waals surface area contributed by atoms with Crippen LogP contribution >= 0.6 is 0 Å². The molecule has 1 aromatic heterocycles. The van der Waals surface area contributed by atoms with E-state index in [1.165, 1.54) is 6.20 Å². The van der Waals surface area contributed by atoms with Crippen molar-refractivity contribution in [3.8, 4) is 0 Å². The predicted octanol–water partition coefficient (Wildman–Crippen LogP) is 0.0673. The Kier molecular flexibility index (Phi) is 4.24. The van der Waals surface area contributed by atoms with E-state index in [0.717, 1.165) is 4.31 Å². The van der Waals surface area contributed by atoms with Gasteiger partial charge in [-0.1, -0.05) is 13.8 Å². The zero-order chi connectivity index (χ0) is 13.1. The molecule has 0 fully saturated rings. The van der Waals surface area contributed by atoms with Crippen LogP contribution in [0.25, 0.3) is 0 Å². The zero-order valence-corrected chi connectivity index (χ0v) is 10.5. The van der Waals surface area contributed by atoms with E-state index in [0.29, 0.717) is 12.2 Å². The summed E-state index contributed by atoms with van der Waals surface area (Å²) in [6.07, 6.45) is 1.79. The minimum atomic E-state index is -3.80. The lowest BCUT2D eigenvalue weighted by Crippen LogP contribution is -2.35. The van der Waals surface area contributed by atoms with Crippen LogP contribution in [0.4, 0.5) is 0 Å². The van der Waals surface area contributed by atoms with Crippen molar-refractivity contribution in [1.29, 1.82) is 0 Å². The van der Waals surface area contributed by atoms with E-state index in [2.05, 4.69) is 9.97 Å². The van der Waals surface area contributed by atoms with Gasteiger partial charge in [0.1, 0.15) is 12.4 Å². The van der Waals surface area contributed by atoms with Gasteiger partial charge in [-0.05, 0) is 0 Å². The molecule has 0 unspecified atom stereocenters. The molecule has 2 N–H and O–H groups in total. The van der Waals surface area contributed by atoms with Gasteiger partial charge < -0.3 is 10.1 Å². The first kappa shape index (κ1) is 13.7. The fraction of sp³-hybridized carbons (Fsp3) is 0.556. The summed E-state index contributed by atoms with van der Waals surface area (Å²) < 4.78 is 24.9. The second-order valence-corrected chi connectivity index (χ2v) is 5.28. The number of carboxylic acid groups (broad SMARTS) is 1. The van der Waals surface area contributed by atoms with Crippen LogP contribution in [0.3, 0.4) is 0 Å². The molecule has 1 aromatic rings. The van der Waals surface area contributed by atoms with Crippen LogP contribution in [-0.2, 0) is 21.2 Å². The topological polar surface area (TPSA) is 103 Å². The highest BCUT2D eigenvalue weighted by Crippen LogP contribution is 2.13. The van der Waals surface area contributed by atoms with Gasteiger partial charge in [0.25, 0.3) is 10.0 Å². The van der Waals surface area contributed by atoms with Gasteiger partial charge in [0.2, 0.25) is 0 Å². The van der Waals surface area contributed by atoms with Crippen molar-refractivity contribution >= 4 is 16.0 Å². The van der Waals surface area contributed by atoms with Gasteiger partial charge in [-0.15, -0.1) is 0 Å². The highest BCUT2D eigenvalue weighted by Gasteiger charge is 2.26. The van der Waals surface area contributed by atoms with Gasteiger partial charge in [-0.2, -0.15) is 4.31 Å². The van der Waals surface area contributed by atoms with E-state index in [1.807, 2.05) is 6.92 Å². The molecule has 8 heteroatoms. The number of sulfonamides is 1. The highest BCUT2D eigenvalue weighted by molar-refractivity contribution is 7.89. The number of hydrogen-bond donors (Lipinski definition) is 2. The minimum absolute atomic E-state index is 0.0718. The van der Waals surface area contributed by atoms with Crippen LogP contribution in [0.2, 0.25) is 0 Å². The molecule has 0 bridgehead atoms. The summed E-state index contributed by atoms with van der Waals surface area (Å²) in [4.78, 5) is 17.1. The molecule has 7 nitrogen and oxygen atoms in total. The van der Waals surface area contributed by atoms with Crippen molar-refractivity contribution in [1.82, 2.24) is 14.3 Å². The smallest absolute Gasteiger partial charge is 0.318 e. The molecule has 1 heterocycles. The monoisotopic (exact) mass is 261 g/mol. The third kappa shape index (κ3) is 3.04. The van der Waals surface area contributed by atoms with Crippen LogP contribution in [0, 0.1) is 0 Å². The number of aliphatic carboxylic acids is 1. The van der Waals surface area contributed by atoms with Crippen molar-refractivity contribution < 1.29 is 18.3 Å². The molecule has 0 aliphatic carbocycles. The number of nitrogens with zero attached hydrogens (tertiary/aromatic N) is 2. The fourth-order valence-corrected chi connectivity index (χ4v) is 2.64. The molecule has 0 amide bonds. The van der Waals surface area contributed by atoms with Gasteiger partial charge >= 0.3 is 5.97 Å². The van der Waals surface area contributed by atoms with Crippen LogP contribution in [0.1, 0.15) is 19.7 Å². The summed E-state index contributed by atoms with van der Waals surface area (Å²) in [5.41, 5.74) is 0. The molecular weight excluding hydrogens is 246 g/mol. The number of carbonyl (C=O) groups is 1. The molecule has 0 saturated heterocycles. The molecule has 0 radical (unpaired) electrons. The number of imidazole rings is 1. The molecule has 0 aliphatic heterocycles. The number of aryl methyl sites for hydroxylation is 1. The van der Waals surface area contributed by atoms with Gasteiger partial charge in [0, 0.05) is 13.0 Å². The zero-order valence-electron chi connectivity index (χ0n) is 9.67. The standard InChI is InChI=1S/C9H15N3O4S/c1-3-7-10-5-8(11-7)17(15,16)12(4-2)6-9(13)14/h5H,3-4,6H2,1-2H3,(H,10,11)(H,13,14). The third-order valence-electron chi connectivity index (χ3n) is 2.22. The number of rotatable bonds is 6. The quantitative estimate of drug-likeness (QED) is 0.754. The molecule has 1 rings (SSSR count). The lowest BCUT2D eigenvalue weighted by molar-refractivity contribution is -0.137. The van der Waals surface area contributed by atoms with E-state index < -0.39 is 22.5 Å². The van der Waals surface area contributed by atoms with E-state index in [4.69, 9.17) is 5.11 Å². The first-order valence-electron chi connectivity index (χ1n) is 5.17.